The minimum Gasteiger partial charge on any atom is -0.679 e. The van der Waals surface area contributed by atoms with Crippen LogP contribution in [-0.2, 0) is 17.8 Å². The van der Waals surface area contributed by atoms with Gasteiger partial charge in [-0.2, -0.15) is 6.42 Å². The Hall–Kier alpha value is -0.696. The van der Waals surface area contributed by atoms with Crippen LogP contribution in [0, 0.1) is 75.2 Å². The van der Waals surface area contributed by atoms with Crippen molar-refractivity contribution >= 4 is 5.91 Å². The summed E-state index contributed by atoms with van der Waals surface area (Å²) in [7, 11) is 0. The van der Waals surface area contributed by atoms with Gasteiger partial charge in [0.1, 0.15) is 5.75 Å². The number of hydrogen-bond acceptors (Lipinski definition) is 2. The van der Waals surface area contributed by atoms with Gasteiger partial charge in [-0.3, -0.25) is 4.79 Å². The summed E-state index contributed by atoms with van der Waals surface area (Å²) < 4.78 is 41.1. The number of halogens is 3. The molecule has 2 aromatic carbocycles. The third-order valence-corrected chi connectivity index (χ3v) is 4.50. The zero-order valence-corrected chi connectivity index (χ0v) is 26.1. The largest absolute Gasteiger partial charge is 2.00 e. The van der Waals surface area contributed by atoms with E-state index in [4.69, 9.17) is 5.73 Å². The van der Waals surface area contributed by atoms with Crippen LogP contribution in [0.2, 0.25) is 0 Å². The van der Waals surface area contributed by atoms with Gasteiger partial charge in [-0.05, 0) is 18.2 Å². The molecule has 0 aliphatic rings. The summed E-state index contributed by atoms with van der Waals surface area (Å²) >= 11 is 0. The predicted molar refractivity (Wildman–Crippen MR) is 110 cm³/mol. The van der Waals surface area contributed by atoms with E-state index >= 15 is 0 Å². The zero-order valence-electron chi connectivity index (χ0n) is 17.7. The summed E-state index contributed by atoms with van der Waals surface area (Å²) in [4.78, 5) is 11.7. The molecule has 32 heavy (non-hydrogen) atoms. The molecule has 0 saturated heterocycles. The summed E-state index contributed by atoms with van der Waals surface area (Å²) in [6.07, 6.45) is -1.81. The summed E-state index contributed by atoms with van der Waals surface area (Å²) in [5, 5.41) is 2.74. The van der Waals surface area contributed by atoms with Gasteiger partial charge in [0, 0.05) is 37.7 Å². The Labute approximate surface area is 234 Å². The van der Waals surface area contributed by atoms with E-state index in [0.29, 0.717) is 30.4 Å². The molecule has 2 aromatic rings. The normalized spacial score (nSPS) is 11.6. The fourth-order valence-corrected chi connectivity index (χ4v) is 3.12. The quantitative estimate of drug-likeness (QED) is 0.244. The summed E-state index contributed by atoms with van der Waals surface area (Å²) in [5.41, 5.74) is 12.1. The number of carbonyl (C=O) groups excluding carboxylic acids is 1. The molecule has 0 fully saturated rings. The van der Waals surface area contributed by atoms with Gasteiger partial charge in [-0.25, -0.2) is 0 Å². The van der Waals surface area contributed by atoms with Crippen LogP contribution in [0.3, 0.4) is 0 Å². The van der Waals surface area contributed by atoms with Gasteiger partial charge in [-0.15, -0.1) is 53.6 Å². The Kier molecular flexibility index (Phi) is 14.2. The number of hydrogen-bond donors (Lipinski definition) is 1. The van der Waals surface area contributed by atoms with Gasteiger partial charge in [0.05, 0.1) is 0 Å². The molecule has 0 aliphatic heterocycles. The third kappa shape index (κ3) is 9.28. The molecule has 1 atom stereocenters. The molecule has 0 aliphatic carbocycles. The van der Waals surface area contributed by atoms with Crippen molar-refractivity contribution in [3.63, 3.8) is 0 Å². The van der Waals surface area contributed by atoms with Crippen molar-refractivity contribution in [3.8, 4) is 16.9 Å². The van der Waals surface area contributed by atoms with Gasteiger partial charge < -0.3 is 22.7 Å². The fourth-order valence-electron chi connectivity index (χ4n) is 3.12. The summed E-state index contributed by atoms with van der Waals surface area (Å²) in [6.45, 7) is 9.43. The molecule has 0 bridgehead atoms. The van der Waals surface area contributed by atoms with Crippen LogP contribution < -0.4 is 10.1 Å². The van der Waals surface area contributed by atoms with Crippen LogP contribution in [-0.4, -0.2) is 12.3 Å². The predicted octanol–water partition coefficient (Wildman–Crippen LogP) is 6.12. The molecule has 0 heterocycles. The third-order valence-electron chi connectivity index (χ3n) is 4.50. The Morgan fingerprint density at radius 1 is 1.34 bits per heavy atom. The second-order valence-corrected chi connectivity index (χ2v) is 6.66. The van der Waals surface area contributed by atoms with Crippen molar-refractivity contribution in [2.75, 3.05) is 0 Å². The van der Waals surface area contributed by atoms with Crippen LogP contribution in [0.5, 0.6) is 5.75 Å². The van der Waals surface area contributed by atoms with E-state index in [-0.39, 0.29) is 80.4 Å². The van der Waals surface area contributed by atoms with E-state index in [1.165, 1.54) is 30.3 Å². The van der Waals surface area contributed by atoms with Crippen molar-refractivity contribution in [2.45, 2.75) is 45.1 Å². The van der Waals surface area contributed by atoms with Crippen molar-refractivity contribution in [3.05, 3.63) is 78.4 Å². The number of amides is 1. The number of aryl methyl sites for hydroxylation is 1. The second kappa shape index (κ2) is 14.5. The van der Waals surface area contributed by atoms with E-state index in [2.05, 4.69) is 29.6 Å². The van der Waals surface area contributed by atoms with Gasteiger partial charge in [0.2, 0.25) is 5.91 Å². The molecular weight excluding hydrogens is 869 g/mol. The van der Waals surface area contributed by atoms with Gasteiger partial charge in [-0.1, -0.05) is 44.0 Å². The first-order valence-electron chi connectivity index (χ1n) is 9.53. The molecule has 2 rings (SSSR count). The Balaban J connectivity index is 0.00000480. The molecule has 0 spiro atoms. The van der Waals surface area contributed by atoms with E-state index < -0.39 is 12.4 Å². The van der Waals surface area contributed by atoms with Crippen LogP contribution in [0.1, 0.15) is 42.5 Å². The summed E-state index contributed by atoms with van der Waals surface area (Å²) in [6, 6.07) is 10.1. The number of nitrogens with one attached hydrogen (secondary N) is 2. The van der Waals surface area contributed by atoms with Crippen molar-refractivity contribution in [1.82, 2.24) is 5.32 Å². The maximum atomic E-state index is 12.4. The first-order chi connectivity index (χ1) is 14.2. The van der Waals surface area contributed by atoms with Crippen LogP contribution >= 0.6 is 0 Å². The number of ether oxygens (including phenoxy) is 1. The molecule has 9 heteroatoms. The first kappa shape index (κ1) is 31.3. The average Bonchev–Trinajstić information content (AvgIpc) is 2.70. The Morgan fingerprint density at radius 3 is 2.47 bits per heavy atom. The maximum Gasteiger partial charge on any atom is 2.00 e. The second-order valence-electron chi connectivity index (χ2n) is 6.66. The molecule has 0 radical (unpaired) electrons. The molecule has 0 saturated carbocycles. The topological polar surface area (TPSA) is 62.1 Å². The van der Waals surface area contributed by atoms with Crippen LogP contribution in [0.25, 0.3) is 16.9 Å². The Morgan fingerprint density at radius 2 is 1.97 bits per heavy atom. The van der Waals surface area contributed by atoms with E-state index in [9.17, 15) is 18.0 Å². The minimum atomic E-state index is -4.75. The molecule has 0 aromatic heterocycles. The standard InChI is InChI=1S/C23H24F3N2O2.2U/c1-4-7-16-12-17(15-8-10-19(11-9-15)30-23(24,25)26)13-18(14-28-21(29)6-3)22(16)20(27)5-2;;/h6,8-11,13,20,27H,1,3-5,7,14H2,2H3,(H,28,29);;/q-3;;+2. The van der Waals surface area contributed by atoms with Gasteiger partial charge in [0.15, 0.2) is 0 Å². The number of rotatable bonds is 9. The number of alkyl halides is 3. The fraction of sp³-hybridized carbons (Fsp3) is 0.304. The van der Waals surface area contributed by atoms with E-state index in [1.807, 2.05) is 13.0 Å². The Bertz CT molecular complexity index is 888. The van der Waals surface area contributed by atoms with Crippen molar-refractivity contribution < 1.29 is 84.9 Å². The zero-order chi connectivity index (χ0) is 22.3. The van der Waals surface area contributed by atoms with Gasteiger partial charge in [0.25, 0.3) is 0 Å². The molecule has 168 valence electrons. The molecule has 1 unspecified atom stereocenters. The first-order valence-corrected chi connectivity index (χ1v) is 9.53. The number of carbonyl (C=O) groups is 1. The molecule has 1 amide bonds. The van der Waals surface area contributed by atoms with Crippen molar-refractivity contribution in [1.29, 1.82) is 0 Å². The van der Waals surface area contributed by atoms with Crippen molar-refractivity contribution in [2.24, 2.45) is 0 Å². The molecule has 2 N–H and O–H groups in total. The summed E-state index contributed by atoms with van der Waals surface area (Å²) in [5.74, 6) is -0.641. The molecule has 4 nitrogen and oxygen atoms in total. The number of benzene rings is 2. The van der Waals surface area contributed by atoms with Gasteiger partial charge >= 0.3 is 37.5 Å². The SMILES string of the molecule is C=CC(=O)NCc1cc(-c2ccc(OC(F)(F)F)cc2)[c-]c(CC[CH2-])c1C([NH-])CC.[U+2].[U]. The molecular formula is C23H24F3N2O2U2-. The van der Waals surface area contributed by atoms with E-state index in [1.54, 1.807) is 0 Å². The average molecular weight is 894 g/mol. The van der Waals surface area contributed by atoms with E-state index in [0.717, 1.165) is 16.7 Å². The van der Waals surface area contributed by atoms with Crippen LogP contribution in [0.4, 0.5) is 13.2 Å². The minimum absolute atomic E-state index is 0. The van der Waals surface area contributed by atoms with Crippen LogP contribution in [0.15, 0.2) is 43.0 Å². The smallest absolute Gasteiger partial charge is 0.679 e. The maximum absolute atomic E-state index is 12.4. The monoisotopic (exact) mass is 893 g/mol.